The highest BCUT2D eigenvalue weighted by Crippen LogP contribution is 2.33. The largest absolute Gasteiger partial charge is 0.497 e. The van der Waals surface area contributed by atoms with Crippen LogP contribution in [0.15, 0.2) is 84.9 Å². The van der Waals surface area contributed by atoms with E-state index in [0.717, 1.165) is 17.0 Å². The molecule has 156 valence electrons. The first-order valence-electron chi connectivity index (χ1n) is 10.1. The highest BCUT2D eigenvalue weighted by molar-refractivity contribution is 6.69. The van der Waals surface area contributed by atoms with Crippen molar-refractivity contribution in [1.29, 1.82) is 0 Å². The van der Waals surface area contributed by atoms with Crippen molar-refractivity contribution in [2.24, 2.45) is 0 Å². The number of hydrogen-bond donors (Lipinski definition) is 0. The van der Waals surface area contributed by atoms with Crippen molar-refractivity contribution in [2.45, 2.75) is 32.1 Å². The van der Waals surface area contributed by atoms with Gasteiger partial charge in [0.1, 0.15) is 5.75 Å². The van der Waals surface area contributed by atoms with Crippen LogP contribution in [0.1, 0.15) is 28.4 Å². The van der Waals surface area contributed by atoms with Gasteiger partial charge >= 0.3 is 0 Å². The molecule has 0 aliphatic carbocycles. The van der Waals surface area contributed by atoms with E-state index in [0.29, 0.717) is 12.0 Å². The third kappa shape index (κ3) is 5.81. The molecule has 0 heterocycles. The Morgan fingerprint density at radius 3 is 1.97 bits per heavy atom. The minimum Gasteiger partial charge on any atom is -0.497 e. The molecule has 0 saturated carbocycles. The van der Waals surface area contributed by atoms with Crippen LogP contribution in [-0.4, -0.2) is 21.2 Å². The number of rotatable bonds is 9. The van der Waals surface area contributed by atoms with E-state index in [1.807, 2.05) is 90.0 Å². The molecule has 0 fully saturated rings. The summed E-state index contributed by atoms with van der Waals surface area (Å²) in [5.74, 6) is 0.862. The molecule has 30 heavy (non-hydrogen) atoms. The molecule has 0 amide bonds. The van der Waals surface area contributed by atoms with Crippen LogP contribution in [-0.2, 0) is 4.53 Å². The molecule has 4 nitrogen and oxygen atoms in total. The number of ketones is 1. The quantitative estimate of drug-likeness (QED) is 0.232. The van der Waals surface area contributed by atoms with E-state index in [1.54, 1.807) is 7.11 Å². The fourth-order valence-electron chi connectivity index (χ4n) is 3.25. The van der Waals surface area contributed by atoms with E-state index in [9.17, 15) is 4.79 Å². The maximum atomic E-state index is 13.2. The Morgan fingerprint density at radius 1 is 0.867 bits per heavy atom. The first kappa shape index (κ1) is 21.8. The first-order valence-corrected chi connectivity index (χ1v) is 13.5. The minimum absolute atomic E-state index is 0.0801. The standard InChI is InChI=1S/C25H29NO3Si/c1-28-23-17-15-20(16-18-23)24(19-25(27)21-11-7-5-8-12-21)26(29-30(2,3)4)22-13-9-6-10-14-22/h5-18,24H,19H2,1-4H3. The van der Waals surface area contributed by atoms with Crippen molar-refractivity contribution in [3.8, 4) is 5.75 Å². The predicted octanol–water partition coefficient (Wildman–Crippen LogP) is 6.28. The second-order valence-electron chi connectivity index (χ2n) is 8.15. The lowest BCUT2D eigenvalue weighted by molar-refractivity contribution is 0.0953. The summed E-state index contributed by atoms with van der Waals surface area (Å²) in [4.78, 5) is 13.2. The Morgan fingerprint density at radius 2 is 1.43 bits per heavy atom. The maximum absolute atomic E-state index is 13.2. The molecule has 5 heteroatoms. The van der Waals surface area contributed by atoms with Crippen LogP contribution in [0.5, 0.6) is 5.75 Å². The zero-order valence-electron chi connectivity index (χ0n) is 18.0. The Balaban J connectivity index is 2.03. The van der Waals surface area contributed by atoms with Gasteiger partial charge in [-0.3, -0.25) is 9.86 Å². The molecule has 3 aromatic carbocycles. The Hall–Kier alpha value is -2.89. The summed E-state index contributed by atoms with van der Waals surface area (Å²) in [6.07, 6.45) is 0.301. The van der Waals surface area contributed by atoms with E-state index >= 15 is 0 Å². The number of para-hydroxylation sites is 1. The van der Waals surface area contributed by atoms with Gasteiger partial charge in [-0.05, 0) is 49.5 Å². The molecule has 3 aromatic rings. The molecular weight excluding hydrogens is 390 g/mol. The van der Waals surface area contributed by atoms with Gasteiger partial charge in [-0.1, -0.05) is 60.7 Å². The van der Waals surface area contributed by atoms with Crippen molar-refractivity contribution in [2.75, 3.05) is 12.2 Å². The molecular formula is C25H29NO3Si. The summed E-state index contributed by atoms with van der Waals surface area (Å²) in [5, 5.41) is 1.93. The van der Waals surface area contributed by atoms with E-state index in [-0.39, 0.29) is 11.8 Å². The van der Waals surface area contributed by atoms with E-state index < -0.39 is 8.32 Å². The lowest BCUT2D eigenvalue weighted by atomic mass is 9.97. The van der Waals surface area contributed by atoms with Crippen LogP contribution in [0, 0.1) is 0 Å². The van der Waals surface area contributed by atoms with Gasteiger partial charge in [-0.2, -0.15) is 0 Å². The van der Waals surface area contributed by atoms with Crippen molar-refractivity contribution < 1.29 is 14.1 Å². The fraction of sp³-hybridized carbons (Fsp3) is 0.240. The number of Topliss-reactive ketones (excluding diaryl/α,β-unsaturated/α-hetero) is 1. The smallest absolute Gasteiger partial charge is 0.220 e. The number of hydrogen-bond acceptors (Lipinski definition) is 4. The van der Waals surface area contributed by atoms with Gasteiger partial charge in [-0.15, -0.1) is 0 Å². The molecule has 1 atom stereocenters. The van der Waals surface area contributed by atoms with Crippen LogP contribution in [0.4, 0.5) is 5.69 Å². The monoisotopic (exact) mass is 419 g/mol. The molecule has 0 saturated heterocycles. The molecule has 3 rings (SSSR count). The second kappa shape index (κ2) is 9.74. The third-order valence-electron chi connectivity index (χ3n) is 4.64. The average Bonchev–Trinajstić information content (AvgIpc) is 2.76. The normalized spacial score (nSPS) is 12.3. The fourth-order valence-corrected chi connectivity index (χ4v) is 4.07. The third-order valence-corrected chi connectivity index (χ3v) is 5.39. The van der Waals surface area contributed by atoms with Gasteiger partial charge in [0.05, 0.1) is 18.8 Å². The summed E-state index contributed by atoms with van der Waals surface area (Å²) >= 11 is 0. The molecule has 1 unspecified atom stereocenters. The van der Waals surface area contributed by atoms with Gasteiger partial charge in [0.15, 0.2) is 5.78 Å². The van der Waals surface area contributed by atoms with E-state index in [2.05, 4.69) is 19.6 Å². The van der Waals surface area contributed by atoms with Gasteiger partial charge < -0.3 is 9.26 Å². The number of methoxy groups -OCH3 is 1. The minimum atomic E-state index is -1.96. The maximum Gasteiger partial charge on any atom is 0.220 e. The summed E-state index contributed by atoms with van der Waals surface area (Å²) in [6, 6.07) is 27.0. The zero-order valence-corrected chi connectivity index (χ0v) is 19.0. The Kier molecular flexibility index (Phi) is 7.08. The van der Waals surface area contributed by atoms with Crippen LogP contribution in [0.3, 0.4) is 0 Å². The number of benzene rings is 3. The summed E-state index contributed by atoms with van der Waals surface area (Å²) in [6.45, 7) is 6.44. The zero-order chi connectivity index (χ0) is 21.6. The second-order valence-corrected chi connectivity index (χ2v) is 12.6. The lowest BCUT2D eigenvalue weighted by Crippen LogP contribution is -2.40. The van der Waals surface area contributed by atoms with Crippen molar-refractivity contribution >= 4 is 19.8 Å². The number of hydroxylamine groups is 1. The van der Waals surface area contributed by atoms with Gasteiger partial charge in [-0.25, -0.2) is 0 Å². The average molecular weight is 420 g/mol. The number of anilines is 1. The summed E-state index contributed by atoms with van der Waals surface area (Å²) in [5.41, 5.74) is 2.64. The van der Waals surface area contributed by atoms with E-state index in [4.69, 9.17) is 9.26 Å². The van der Waals surface area contributed by atoms with Crippen LogP contribution >= 0.6 is 0 Å². The number of carbonyl (C=O) groups excluding carboxylic acids is 1. The molecule has 0 aromatic heterocycles. The highest BCUT2D eigenvalue weighted by Gasteiger charge is 2.30. The van der Waals surface area contributed by atoms with Crippen LogP contribution in [0.25, 0.3) is 0 Å². The SMILES string of the molecule is COc1ccc(C(CC(=O)c2ccccc2)N(O[Si](C)(C)C)c2ccccc2)cc1. The molecule has 0 radical (unpaired) electrons. The van der Waals surface area contributed by atoms with Crippen molar-refractivity contribution in [3.63, 3.8) is 0 Å². The van der Waals surface area contributed by atoms with Crippen LogP contribution in [0.2, 0.25) is 19.6 Å². The lowest BCUT2D eigenvalue weighted by Gasteiger charge is -2.37. The Labute approximate surface area is 180 Å². The summed E-state index contributed by atoms with van der Waals surface area (Å²) < 4.78 is 11.8. The molecule has 0 aliphatic heterocycles. The van der Waals surface area contributed by atoms with Gasteiger partial charge in [0.2, 0.25) is 8.32 Å². The molecule has 0 aliphatic rings. The highest BCUT2D eigenvalue weighted by atomic mass is 28.4. The Bertz CT molecular complexity index is 938. The van der Waals surface area contributed by atoms with Crippen molar-refractivity contribution in [3.05, 3.63) is 96.1 Å². The number of carbonyl (C=O) groups is 1. The first-order chi connectivity index (χ1) is 14.4. The molecule has 0 spiro atoms. The van der Waals surface area contributed by atoms with E-state index in [1.165, 1.54) is 0 Å². The molecule has 0 N–H and O–H groups in total. The predicted molar refractivity (Wildman–Crippen MR) is 124 cm³/mol. The van der Waals surface area contributed by atoms with Crippen LogP contribution < -0.4 is 9.80 Å². The number of ether oxygens (including phenoxy) is 1. The summed E-state index contributed by atoms with van der Waals surface area (Å²) in [7, 11) is -0.308. The van der Waals surface area contributed by atoms with Gasteiger partial charge in [0.25, 0.3) is 0 Å². The van der Waals surface area contributed by atoms with Gasteiger partial charge in [0, 0.05) is 12.0 Å². The topological polar surface area (TPSA) is 38.8 Å². The molecule has 0 bridgehead atoms. The number of nitrogens with zero attached hydrogens (tertiary/aromatic N) is 1. The van der Waals surface area contributed by atoms with Crippen molar-refractivity contribution in [1.82, 2.24) is 0 Å².